The number of rotatable bonds is 3. The summed E-state index contributed by atoms with van der Waals surface area (Å²) in [4.78, 5) is 12.5. The summed E-state index contributed by atoms with van der Waals surface area (Å²) >= 11 is 0. The number of hydrogen-bond donors (Lipinski definition) is 1. The minimum absolute atomic E-state index is 0.0212. The van der Waals surface area contributed by atoms with Gasteiger partial charge in [0, 0.05) is 24.5 Å². The van der Waals surface area contributed by atoms with Crippen molar-refractivity contribution in [2.75, 3.05) is 13.2 Å². The number of carbonyl (C=O) groups is 1. The molecule has 2 saturated carbocycles. The predicted molar refractivity (Wildman–Crippen MR) is 85.8 cm³/mol. The maximum absolute atomic E-state index is 12.5. The number of aliphatic hydroxyl groups is 1. The van der Waals surface area contributed by atoms with E-state index in [1.54, 1.807) is 0 Å². The van der Waals surface area contributed by atoms with Gasteiger partial charge in [0.25, 0.3) is 0 Å². The van der Waals surface area contributed by atoms with E-state index < -0.39 is 5.60 Å². The summed E-state index contributed by atoms with van der Waals surface area (Å²) in [5, 5.41) is 11.6. The second-order valence-electron chi connectivity index (χ2n) is 8.95. The van der Waals surface area contributed by atoms with E-state index in [1.807, 2.05) is 0 Å². The molecule has 0 aromatic heterocycles. The first kappa shape index (κ1) is 15.9. The Morgan fingerprint density at radius 1 is 1.22 bits per heavy atom. The van der Waals surface area contributed by atoms with Crippen molar-refractivity contribution in [3.8, 4) is 0 Å². The van der Waals surface area contributed by atoms with Gasteiger partial charge in [-0.2, -0.15) is 0 Å². The zero-order chi connectivity index (χ0) is 16.3. The molecule has 2 aliphatic carbocycles. The first-order chi connectivity index (χ1) is 10.9. The molecular weight excluding hydrogens is 292 g/mol. The maximum atomic E-state index is 12.5. The lowest BCUT2D eigenvalue weighted by molar-refractivity contribution is -0.192. The fourth-order valence-electron chi connectivity index (χ4n) is 6.31. The minimum Gasteiger partial charge on any atom is -0.462 e. The normalized spacial score (nSPS) is 52.3. The van der Waals surface area contributed by atoms with Crippen LogP contribution < -0.4 is 0 Å². The lowest BCUT2D eigenvalue weighted by Gasteiger charge is -2.59. The highest BCUT2D eigenvalue weighted by Gasteiger charge is 2.69. The summed E-state index contributed by atoms with van der Waals surface area (Å²) in [5.41, 5.74) is -1.25. The van der Waals surface area contributed by atoms with E-state index in [1.165, 1.54) is 0 Å². The van der Waals surface area contributed by atoms with Crippen molar-refractivity contribution in [3.63, 3.8) is 0 Å². The van der Waals surface area contributed by atoms with Gasteiger partial charge < -0.3 is 14.6 Å². The summed E-state index contributed by atoms with van der Waals surface area (Å²) in [7, 11) is 0. The second kappa shape index (κ2) is 5.19. The third kappa shape index (κ3) is 2.13. The van der Waals surface area contributed by atoms with Crippen LogP contribution in [-0.4, -0.2) is 36.0 Å². The van der Waals surface area contributed by atoms with E-state index in [9.17, 15) is 9.90 Å². The van der Waals surface area contributed by atoms with Gasteiger partial charge in [-0.3, -0.25) is 4.79 Å². The van der Waals surface area contributed by atoms with Gasteiger partial charge in [0.2, 0.25) is 0 Å². The molecule has 0 aromatic rings. The van der Waals surface area contributed by atoms with Crippen LogP contribution in [0.2, 0.25) is 0 Å². The van der Waals surface area contributed by atoms with E-state index in [-0.39, 0.29) is 28.8 Å². The van der Waals surface area contributed by atoms with Crippen molar-refractivity contribution in [1.82, 2.24) is 0 Å². The van der Waals surface area contributed by atoms with Crippen LogP contribution >= 0.6 is 0 Å². The largest absolute Gasteiger partial charge is 0.462 e. The van der Waals surface area contributed by atoms with Gasteiger partial charge in [0.05, 0.1) is 11.0 Å². The molecular formula is C19H30O4. The average molecular weight is 322 g/mol. The molecule has 4 aliphatic rings. The molecule has 4 fully saturated rings. The molecule has 0 bridgehead atoms. The van der Waals surface area contributed by atoms with E-state index in [0.717, 1.165) is 64.6 Å². The maximum Gasteiger partial charge on any atom is 0.312 e. The molecule has 3 unspecified atom stereocenters. The van der Waals surface area contributed by atoms with Gasteiger partial charge in [-0.1, -0.05) is 13.3 Å². The fraction of sp³-hybridized carbons (Fsp3) is 0.947. The van der Waals surface area contributed by atoms with Crippen LogP contribution in [0, 0.1) is 22.7 Å². The Hall–Kier alpha value is -0.610. The van der Waals surface area contributed by atoms with Crippen molar-refractivity contribution in [2.24, 2.45) is 22.7 Å². The molecule has 2 heterocycles. The Balaban J connectivity index is 1.60. The second-order valence-corrected chi connectivity index (χ2v) is 8.95. The molecule has 4 heteroatoms. The summed E-state index contributed by atoms with van der Waals surface area (Å²) in [6, 6.07) is 0. The highest BCUT2D eigenvalue weighted by atomic mass is 16.6. The van der Waals surface area contributed by atoms with Crippen LogP contribution in [-0.2, 0) is 14.3 Å². The van der Waals surface area contributed by atoms with E-state index in [4.69, 9.17) is 9.47 Å². The highest BCUT2D eigenvalue weighted by Crippen LogP contribution is 2.65. The van der Waals surface area contributed by atoms with Gasteiger partial charge in [0.15, 0.2) is 0 Å². The molecule has 0 aromatic carbocycles. The number of esters is 1. The predicted octanol–water partition coefficient (Wildman–Crippen LogP) is 3.07. The highest BCUT2D eigenvalue weighted by molar-refractivity contribution is 5.80. The van der Waals surface area contributed by atoms with Crippen molar-refractivity contribution in [1.29, 1.82) is 0 Å². The zero-order valence-electron chi connectivity index (χ0n) is 14.5. The van der Waals surface area contributed by atoms with Crippen LogP contribution in [0.3, 0.4) is 0 Å². The molecule has 1 N–H and O–H groups in total. The van der Waals surface area contributed by atoms with Crippen molar-refractivity contribution >= 4 is 5.97 Å². The SMILES string of the molecule is C[C@]12CCC[C@]3(C)C1C(CC[C@]3(O)CCC1CCOC1)OC2=O. The molecule has 0 radical (unpaired) electrons. The molecule has 4 nitrogen and oxygen atoms in total. The molecule has 2 saturated heterocycles. The van der Waals surface area contributed by atoms with Gasteiger partial charge in [-0.05, 0) is 57.8 Å². The Kier molecular flexibility index (Phi) is 3.59. The Morgan fingerprint density at radius 2 is 2.04 bits per heavy atom. The number of hydrogen-bond acceptors (Lipinski definition) is 4. The van der Waals surface area contributed by atoms with Crippen LogP contribution in [0.5, 0.6) is 0 Å². The van der Waals surface area contributed by atoms with E-state index in [0.29, 0.717) is 5.92 Å². The first-order valence-corrected chi connectivity index (χ1v) is 9.40. The third-order valence-electron chi connectivity index (χ3n) is 7.76. The number of carbonyl (C=O) groups excluding carboxylic acids is 1. The molecule has 6 atom stereocenters. The van der Waals surface area contributed by atoms with Crippen molar-refractivity contribution in [2.45, 2.75) is 76.9 Å². The Bertz CT molecular complexity index is 500. The van der Waals surface area contributed by atoms with Crippen LogP contribution in [0.4, 0.5) is 0 Å². The summed E-state index contributed by atoms with van der Waals surface area (Å²) in [6.07, 6.45) is 7.54. The zero-order valence-corrected chi connectivity index (χ0v) is 14.5. The average Bonchev–Trinajstić information content (AvgIpc) is 3.10. The van der Waals surface area contributed by atoms with Crippen LogP contribution in [0.25, 0.3) is 0 Å². The molecule has 2 aliphatic heterocycles. The lowest BCUT2D eigenvalue weighted by atomic mass is 9.46. The van der Waals surface area contributed by atoms with Gasteiger partial charge in [0.1, 0.15) is 6.10 Å². The standard InChI is InChI=1S/C19H30O4/c1-17-7-3-8-18(2)15(17)14(23-16(17)20)5-10-19(18,21)9-4-13-6-11-22-12-13/h13-15,21H,3-12H2,1-2H3/t13?,14?,15?,17-,18+,19+/m0/s1. The van der Waals surface area contributed by atoms with Gasteiger partial charge >= 0.3 is 5.97 Å². The third-order valence-corrected chi connectivity index (χ3v) is 7.76. The molecule has 0 amide bonds. The molecule has 4 rings (SSSR count). The van der Waals surface area contributed by atoms with Gasteiger partial charge in [-0.25, -0.2) is 0 Å². The topological polar surface area (TPSA) is 55.8 Å². The van der Waals surface area contributed by atoms with Gasteiger partial charge in [-0.15, -0.1) is 0 Å². The fourth-order valence-corrected chi connectivity index (χ4v) is 6.31. The summed E-state index contributed by atoms with van der Waals surface area (Å²) < 4.78 is 11.2. The van der Waals surface area contributed by atoms with E-state index >= 15 is 0 Å². The molecule has 130 valence electrons. The quantitative estimate of drug-likeness (QED) is 0.811. The summed E-state index contributed by atoms with van der Waals surface area (Å²) in [5.74, 6) is 0.749. The van der Waals surface area contributed by atoms with Crippen LogP contribution in [0.1, 0.15) is 65.2 Å². The Morgan fingerprint density at radius 3 is 2.78 bits per heavy atom. The van der Waals surface area contributed by atoms with E-state index in [2.05, 4.69) is 13.8 Å². The minimum atomic E-state index is -0.660. The first-order valence-electron chi connectivity index (χ1n) is 9.40. The molecule has 0 spiro atoms. The smallest absolute Gasteiger partial charge is 0.312 e. The monoisotopic (exact) mass is 322 g/mol. The summed E-state index contributed by atoms with van der Waals surface area (Å²) in [6.45, 7) is 6.02. The molecule has 23 heavy (non-hydrogen) atoms. The lowest BCUT2D eigenvalue weighted by Crippen LogP contribution is -2.61. The van der Waals surface area contributed by atoms with Crippen molar-refractivity contribution < 1.29 is 19.4 Å². The van der Waals surface area contributed by atoms with Crippen molar-refractivity contribution in [3.05, 3.63) is 0 Å². The Labute approximate surface area is 138 Å². The number of ether oxygens (including phenoxy) is 2. The van der Waals surface area contributed by atoms with Crippen LogP contribution in [0.15, 0.2) is 0 Å².